The van der Waals surface area contributed by atoms with Crippen LogP contribution in [0.4, 0.5) is 4.39 Å². The highest BCUT2D eigenvalue weighted by molar-refractivity contribution is 9.10. The maximum Gasteiger partial charge on any atom is 0.142 e. The van der Waals surface area contributed by atoms with Gasteiger partial charge in [0.1, 0.15) is 11.6 Å². The van der Waals surface area contributed by atoms with Gasteiger partial charge < -0.3 is 9.73 Å². The molecular formula is C15H17BrFNO. The van der Waals surface area contributed by atoms with Gasteiger partial charge in [-0.2, -0.15) is 0 Å². The summed E-state index contributed by atoms with van der Waals surface area (Å²) in [5.41, 5.74) is 1.63. The van der Waals surface area contributed by atoms with Gasteiger partial charge in [-0.1, -0.05) is 26.0 Å². The Morgan fingerprint density at radius 1 is 1.26 bits per heavy atom. The summed E-state index contributed by atoms with van der Waals surface area (Å²) >= 11 is 3.24. The SMILES string of the molecule is CCNC(c1ccoc1CC)c1cccc(Br)c1F. The van der Waals surface area contributed by atoms with Gasteiger partial charge in [0.15, 0.2) is 0 Å². The Balaban J connectivity index is 2.48. The first-order chi connectivity index (χ1) is 9.19. The molecule has 1 N–H and O–H groups in total. The van der Waals surface area contributed by atoms with Crippen molar-refractivity contribution in [2.45, 2.75) is 26.3 Å². The minimum absolute atomic E-state index is 0.184. The molecule has 1 unspecified atom stereocenters. The minimum atomic E-state index is -0.225. The van der Waals surface area contributed by atoms with Gasteiger partial charge in [0.25, 0.3) is 0 Å². The summed E-state index contributed by atoms with van der Waals surface area (Å²) in [7, 11) is 0. The average Bonchev–Trinajstić information content (AvgIpc) is 2.88. The molecule has 0 amide bonds. The van der Waals surface area contributed by atoms with Crippen LogP contribution >= 0.6 is 15.9 Å². The third-order valence-corrected chi connectivity index (χ3v) is 3.73. The second-order valence-electron chi connectivity index (χ2n) is 4.29. The number of benzene rings is 1. The highest BCUT2D eigenvalue weighted by atomic mass is 79.9. The van der Waals surface area contributed by atoms with E-state index in [-0.39, 0.29) is 11.9 Å². The van der Waals surface area contributed by atoms with E-state index in [1.165, 1.54) is 0 Å². The summed E-state index contributed by atoms with van der Waals surface area (Å²) in [4.78, 5) is 0. The molecule has 0 aliphatic rings. The molecule has 0 bridgehead atoms. The third kappa shape index (κ3) is 2.90. The van der Waals surface area contributed by atoms with E-state index < -0.39 is 0 Å². The molecule has 0 aliphatic heterocycles. The highest BCUT2D eigenvalue weighted by Gasteiger charge is 2.22. The van der Waals surface area contributed by atoms with Gasteiger partial charge in [0.05, 0.1) is 16.8 Å². The maximum absolute atomic E-state index is 14.3. The number of rotatable bonds is 5. The normalized spacial score (nSPS) is 12.6. The molecule has 1 heterocycles. The van der Waals surface area contributed by atoms with Crippen molar-refractivity contribution >= 4 is 15.9 Å². The van der Waals surface area contributed by atoms with Crippen LogP contribution < -0.4 is 5.32 Å². The number of halogens is 2. The predicted octanol–water partition coefficient (Wildman–Crippen LogP) is 4.44. The standard InChI is InChI=1S/C15H17BrFNO/c1-3-13-10(8-9-19-13)15(18-4-2)11-6-5-7-12(16)14(11)17/h5-9,15,18H,3-4H2,1-2H3. The first-order valence-corrected chi connectivity index (χ1v) is 7.21. The molecule has 102 valence electrons. The molecule has 0 aliphatic carbocycles. The Hall–Kier alpha value is -1.13. The summed E-state index contributed by atoms with van der Waals surface area (Å²) in [6, 6.07) is 7.08. The van der Waals surface area contributed by atoms with Gasteiger partial charge in [-0.15, -0.1) is 0 Å². The molecule has 1 aromatic carbocycles. The Morgan fingerprint density at radius 2 is 2.05 bits per heavy atom. The number of nitrogens with one attached hydrogen (secondary N) is 1. The lowest BCUT2D eigenvalue weighted by molar-refractivity contribution is 0.497. The lowest BCUT2D eigenvalue weighted by atomic mass is 9.97. The van der Waals surface area contributed by atoms with Gasteiger partial charge in [-0.05, 0) is 34.6 Å². The quantitative estimate of drug-likeness (QED) is 0.879. The number of furan rings is 1. The highest BCUT2D eigenvalue weighted by Crippen LogP contribution is 2.30. The van der Waals surface area contributed by atoms with Crippen molar-refractivity contribution in [3.63, 3.8) is 0 Å². The summed E-state index contributed by atoms with van der Waals surface area (Å²) in [5, 5.41) is 3.32. The lowest BCUT2D eigenvalue weighted by Crippen LogP contribution is -2.23. The molecule has 0 spiro atoms. The molecule has 1 aromatic heterocycles. The molecule has 19 heavy (non-hydrogen) atoms. The molecule has 1 atom stereocenters. The number of aryl methyl sites for hydroxylation is 1. The van der Waals surface area contributed by atoms with Crippen LogP contribution in [-0.4, -0.2) is 6.54 Å². The molecule has 0 saturated carbocycles. The molecule has 0 radical (unpaired) electrons. The van der Waals surface area contributed by atoms with Crippen molar-refractivity contribution in [1.29, 1.82) is 0 Å². The van der Waals surface area contributed by atoms with Crippen LogP contribution in [0.3, 0.4) is 0 Å². The average molecular weight is 326 g/mol. The van der Waals surface area contributed by atoms with Gasteiger partial charge >= 0.3 is 0 Å². The predicted molar refractivity (Wildman–Crippen MR) is 77.7 cm³/mol. The lowest BCUT2D eigenvalue weighted by Gasteiger charge is -2.19. The Labute approximate surface area is 121 Å². The van der Waals surface area contributed by atoms with E-state index in [4.69, 9.17) is 4.42 Å². The number of hydrogen-bond acceptors (Lipinski definition) is 2. The van der Waals surface area contributed by atoms with Crippen molar-refractivity contribution in [3.05, 3.63) is 57.7 Å². The first kappa shape index (κ1) is 14.3. The van der Waals surface area contributed by atoms with Crippen molar-refractivity contribution in [2.75, 3.05) is 6.54 Å². The molecule has 0 saturated heterocycles. The summed E-state index contributed by atoms with van der Waals surface area (Å²) in [6.45, 7) is 4.79. The molecule has 2 aromatic rings. The molecule has 4 heteroatoms. The fourth-order valence-corrected chi connectivity index (χ4v) is 2.61. The van der Waals surface area contributed by atoms with E-state index in [1.54, 1.807) is 18.4 Å². The summed E-state index contributed by atoms with van der Waals surface area (Å²) in [6.07, 6.45) is 2.45. The van der Waals surface area contributed by atoms with Crippen LogP contribution in [0, 0.1) is 5.82 Å². The van der Waals surface area contributed by atoms with E-state index in [0.29, 0.717) is 10.0 Å². The second kappa shape index (κ2) is 6.35. The van der Waals surface area contributed by atoms with E-state index >= 15 is 0 Å². The van der Waals surface area contributed by atoms with Gasteiger partial charge in [-0.3, -0.25) is 0 Å². The largest absolute Gasteiger partial charge is 0.469 e. The van der Waals surface area contributed by atoms with E-state index in [0.717, 1.165) is 24.3 Å². The fourth-order valence-electron chi connectivity index (χ4n) is 2.23. The van der Waals surface area contributed by atoms with Crippen LogP contribution in [0.15, 0.2) is 39.4 Å². The van der Waals surface area contributed by atoms with Gasteiger partial charge in [0, 0.05) is 17.5 Å². The van der Waals surface area contributed by atoms with Crippen LogP contribution in [0.5, 0.6) is 0 Å². The Kier molecular flexibility index (Phi) is 4.77. The second-order valence-corrected chi connectivity index (χ2v) is 5.14. The van der Waals surface area contributed by atoms with E-state index in [1.807, 2.05) is 26.0 Å². The molecule has 2 rings (SSSR count). The topological polar surface area (TPSA) is 25.2 Å². The van der Waals surface area contributed by atoms with Crippen molar-refractivity contribution < 1.29 is 8.81 Å². The van der Waals surface area contributed by atoms with Crippen LogP contribution in [0.2, 0.25) is 0 Å². The van der Waals surface area contributed by atoms with E-state index in [9.17, 15) is 4.39 Å². The first-order valence-electron chi connectivity index (χ1n) is 6.42. The van der Waals surface area contributed by atoms with E-state index in [2.05, 4.69) is 21.2 Å². The molecule has 0 fully saturated rings. The minimum Gasteiger partial charge on any atom is -0.469 e. The molecule has 2 nitrogen and oxygen atoms in total. The van der Waals surface area contributed by atoms with Crippen molar-refractivity contribution in [2.24, 2.45) is 0 Å². The van der Waals surface area contributed by atoms with Gasteiger partial charge in [-0.25, -0.2) is 4.39 Å². The number of hydrogen-bond donors (Lipinski definition) is 1. The van der Waals surface area contributed by atoms with Crippen molar-refractivity contribution in [1.82, 2.24) is 5.32 Å². The monoisotopic (exact) mass is 325 g/mol. The molecular weight excluding hydrogens is 309 g/mol. The zero-order valence-electron chi connectivity index (χ0n) is 11.0. The third-order valence-electron chi connectivity index (χ3n) is 3.11. The zero-order chi connectivity index (χ0) is 13.8. The summed E-state index contributed by atoms with van der Waals surface area (Å²) < 4.78 is 20.2. The fraction of sp³-hybridized carbons (Fsp3) is 0.333. The van der Waals surface area contributed by atoms with Crippen molar-refractivity contribution in [3.8, 4) is 0 Å². The zero-order valence-corrected chi connectivity index (χ0v) is 12.6. The Bertz CT molecular complexity index is 553. The summed E-state index contributed by atoms with van der Waals surface area (Å²) in [5.74, 6) is 0.669. The van der Waals surface area contributed by atoms with Crippen LogP contribution in [-0.2, 0) is 6.42 Å². The van der Waals surface area contributed by atoms with Crippen LogP contribution in [0.25, 0.3) is 0 Å². The Morgan fingerprint density at radius 3 is 2.74 bits per heavy atom. The smallest absolute Gasteiger partial charge is 0.142 e. The maximum atomic E-state index is 14.3. The van der Waals surface area contributed by atoms with Crippen LogP contribution in [0.1, 0.15) is 36.8 Å². The van der Waals surface area contributed by atoms with Gasteiger partial charge in [0.2, 0.25) is 0 Å².